The van der Waals surface area contributed by atoms with E-state index in [4.69, 9.17) is 4.74 Å². The minimum Gasteiger partial charge on any atom is -0.497 e. The van der Waals surface area contributed by atoms with Crippen molar-refractivity contribution in [2.75, 3.05) is 38.6 Å². The third-order valence-electron chi connectivity index (χ3n) is 3.34. The highest BCUT2D eigenvalue weighted by Gasteiger charge is 2.10. The molecule has 2 rings (SSSR count). The van der Waals surface area contributed by atoms with Crippen LogP contribution in [0.1, 0.15) is 19.3 Å². The van der Waals surface area contributed by atoms with Crippen molar-refractivity contribution in [1.29, 1.82) is 0 Å². The lowest BCUT2D eigenvalue weighted by atomic mass is 10.2. The Labute approximate surface area is 108 Å². The van der Waals surface area contributed by atoms with Crippen molar-refractivity contribution in [2.45, 2.75) is 19.3 Å². The summed E-state index contributed by atoms with van der Waals surface area (Å²) in [5, 5.41) is 3.13. The molecule has 0 amide bonds. The number of hydrogen-bond donors (Lipinski definition) is 1. The molecule has 0 saturated carbocycles. The van der Waals surface area contributed by atoms with Gasteiger partial charge < -0.3 is 15.0 Å². The standard InChI is InChI=1S/C14H21FN2O/c1-18-12-5-6-13(15)14(11-12)16-7-4-10-17-8-2-3-9-17/h5-6,11,16H,2-4,7-10H2,1H3. The van der Waals surface area contributed by atoms with Crippen molar-refractivity contribution < 1.29 is 9.13 Å². The lowest BCUT2D eigenvalue weighted by Crippen LogP contribution is -2.22. The molecular formula is C14H21FN2O. The number of methoxy groups -OCH3 is 1. The van der Waals surface area contributed by atoms with Crippen LogP contribution in [0.4, 0.5) is 10.1 Å². The normalized spacial score (nSPS) is 15.9. The van der Waals surface area contributed by atoms with Crippen LogP contribution >= 0.6 is 0 Å². The molecular weight excluding hydrogens is 231 g/mol. The van der Waals surface area contributed by atoms with Crippen molar-refractivity contribution in [1.82, 2.24) is 4.90 Å². The number of halogens is 1. The average molecular weight is 252 g/mol. The van der Waals surface area contributed by atoms with Gasteiger partial charge in [-0.1, -0.05) is 0 Å². The monoisotopic (exact) mass is 252 g/mol. The van der Waals surface area contributed by atoms with Crippen LogP contribution in [0.15, 0.2) is 18.2 Å². The summed E-state index contributed by atoms with van der Waals surface area (Å²) in [5.74, 6) is 0.454. The van der Waals surface area contributed by atoms with E-state index in [0.717, 1.165) is 19.5 Å². The van der Waals surface area contributed by atoms with E-state index in [2.05, 4.69) is 10.2 Å². The molecule has 0 spiro atoms. The van der Waals surface area contributed by atoms with Crippen LogP contribution in [0.5, 0.6) is 5.75 Å². The third kappa shape index (κ3) is 3.60. The van der Waals surface area contributed by atoms with Gasteiger partial charge in [0.05, 0.1) is 12.8 Å². The fraction of sp³-hybridized carbons (Fsp3) is 0.571. The minimum absolute atomic E-state index is 0.225. The van der Waals surface area contributed by atoms with Gasteiger partial charge in [0.2, 0.25) is 0 Å². The molecule has 1 aromatic carbocycles. The molecule has 1 heterocycles. The lowest BCUT2D eigenvalue weighted by Gasteiger charge is -2.15. The summed E-state index contributed by atoms with van der Waals surface area (Å²) in [6.07, 6.45) is 3.67. The Hall–Kier alpha value is -1.29. The predicted molar refractivity (Wildman–Crippen MR) is 71.7 cm³/mol. The number of benzene rings is 1. The summed E-state index contributed by atoms with van der Waals surface area (Å²) >= 11 is 0. The number of anilines is 1. The molecule has 0 atom stereocenters. The fourth-order valence-corrected chi connectivity index (χ4v) is 2.30. The van der Waals surface area contributed by atoms with E-state index >= 15 is 0 Å². The number of likely N-dealkylation sites (tertiary alicyclic amines) is 1. The number of nitrogens with zero attached hydrogens (tertiary/aromatic N) is 1. The summed E-state index contributed by atoms with van der Waals surface area (Å²) in [6, 6.07) is 4.76. The topological polar surface area (TPSA) is 24.5 Å². The lowest BCUT2D eigenvalue weighted by molar-refractivity contribution is 0.337. The molecule has 0 unspecified atom stereocenters. The second kappa shape index (κ2) is 6.59. The molecule has 1 N–H and O–H groups in total. The van der Waals surface area contributed by atoms with E-state index in [1.807, 2.05) is 0 Å². The Morgan fingerprint density at radius 1 is 1.33 bits per heavy atom. The number of rotatable bonds is 6. The van der Waals surface area contributed by atoms with Crippen LogP contribution in [0.3, 0.4) is 0 Å². The summed E-state index contributed by atoms with van der Waals surface area (Å²) < 4.78 is 18.6. The van der Waals surface area contributed by atoms with Crippen molar-refractivity contribution in [3.05, 3.63) is 24.0 Å². The maximum atomic E-state index is 13.5. The number of hydrogen-bond acceptors (Lipinski definition) is 3. The van der Waals surface area contributed by atoms with Gasteiger partial charge in [-0.25, -0.2) is 4.39 Å². The summed E-state index contributed by atoms with van der Waals surface area (Å²) in [6.45, 7) is 4.32. The Kier molecular flexibility index (Phi) is 4.81. The molecule has 100 valence electrons. The highest BCUT2D eigenvalue weighted by molar-refractivity contribution is 5.49. The quantitative estimate of drug-likeness (QED) is 0.788. The van der Waals surface area contributed by atoms with Crippen molar-refractivity contribution >= 4 is 5.69 Å². The molecule has 0 aromatic heterocycles. The zero-order chi connectivity index (χ0) is 12.8. The smallest absolute Gasteiger partial charge is 0.146 e. The van der Waals surface area contributed by atoms with Crippen molar-refractivity contribution in [3.63, 3.8) is 0 Å². The molecule has 1 aliphatic rings. The van der Waals surface area contributed by atoms with Crippen molar-refractivity contribution in [3.8, 4) is 5.75 Å². The highest BCUT2D eigenvalue weighted by atomic mass is 19.1. The SMILES string of the molecule is COc1ccc(F)c(NCCCN2CCCC2)c1. The van der Waals surface area contributed by atoms with Crippen LogP contribution in [-0.2, 0) is 0 Å². The Bertz CT molecular complexity index is 378. The maximum Gasteiger partial charge on any atom is 0.146 e. The van der Waals surface area contributed by atoms with Gasteiger partial charge in [0.15, 0.2) is 0 Å². The van der Waals surface area contributed by atoms with E-state index in [9.17, 15) is 4.39 Å². The molecule has 0 radical (unpaired) electrons. The van der Waals surface area contributed by atoms with Gasteiger partial charge in [0.1, 0.15) is 11.6 Å². The first kappa shape index (κ1) is 13.1. The van der Waals surface area contributed by atoms with E-state index in [1.54, 1.807) is 19.2 Å². The van der Waals surface area contributed by atoms with Crippen LogP contribution in [0.2, 0.25) is 0 Å². The van der Waals surface area contributed by atoms with Gasteiger partial charge in [-0.2, -0.15) is 0 Å². The molecule has 3 nitrogen and oxygen atoms in total. The van der Waals surface area contributed by atoms with E-state index in [1.165, 1.54) is 32.0 Å². The minimum atomic E-state index is -0.225. The molecule has 0 bridgehead atoms. The highest BCUT2D eigenvalue weighted by Crippen LogP contribution is 2.20. The molecule has 4 heteroatoms. The first-order valence-electron chi connectivity index (χ1n) is 6.59. The van der Waals surface area contributed by atoms with Crippen molar-refractivity contribution in [2.24, 2.45) is 0 Å². The van der Waals surface area contributed by atoms with E-state index in [0.29, 0.717) is 11.4 Å². The van der Waals surface area contributed by atoms with Crippen LogP contribution < -0.4 is 10.1 Å². The number of nitrogens with one attached hydrogen (secondary N) is 1. The predicted octanol–water partition coefficient (Wildman–Crippen LogP) is 2.73. The second-order valence-corrected chi connectivity index (χ2v) is 4.67. The van der Waals surface area contributed by atoms with Gasteiger partial charge in [-0.3, -0.25) is 0 Å². The van der Waals surface area contributed by atoms with Crippen LogP contribution in [0, 0.1) is 5.82 Å². The van der Waals surface area contributed by atoms with Crippen LogP contribution in [-0.4, -0.2) is 38.2 Å². The van der Waals surface area contributed by atoms with Gasteiger partial charge in [0, 0.05) is 12.6 Å². The zero-order valence-electron chi connectivity index (χ0n) is 10.9. The average Bonchev–Trinajstić information content (AvgIpc) is 2.89. The largest absolute Gasteiger partial charge is 0.497 e. The van der Waals surface area contributed by atoms with Gasteiger partial charge in [-0.05, 0) is 51.0 Å². The Balaban J connectivity index is 1.75. The zero-order valence-corrected chi connectivity index (χ0v) is 10.9. The van der Waals surface area contributed by atoms with Crippen LogP contribution in [0.25, 0.3) is 0 Å². The third-order valence-corrected chi connectivity index (χ3v) is 3.34. The van der Waals surface area contributed by atoms with Gasteiger partial charge >= 0.3 is 0 Å². The molecule has 1 aliphatic heterocycles. The second-order valence-electron chi connectivity index (χ2n) is 4.67. The molecule has 1 saturated heterocycles. The first-order chi connectivity index (χ1) is 8.79. The molecule has 1 fully saturated rings. The number of ether oxygens (including phenoxy) is 1. The molecule has 0 aliphatic carbocycles. The van der Waals surface area contributed by atoms with E-state index < -0.39 is 0 Å². The fourth-order valence-electron chi connectivity index (χ4n) is 2.30. The summed E-state index contributed by atoms with van der Waals surface area (Å²) in [4.78, 5) is 2.46. The summed E-state index contributed by atoms with van der Waals surface area (Å²) in [5.41, 5.74) is 0.524. The van der Waals surface area contributed by atoms with Gasteiger partial charge in [-0.15, -0.1) is 0 Å². The summed E-state index contributed by atoms with van der Waals surface area (Å²) in [7, 11) is 1.59. The van der Waals surface area contributed by atoms with Gasteiger partial charge in [0.25, 0.3) is 0 Å². The Morgan fingerprint density at radius 3 is 2.83 bits per heavy atom. The molecule has 18 heavy (non-hydrogen) atoms. The molecule has 1 aromatic rings. The van der Waals surface area contributed by atoms with E-state index in [-0.39, 0.29) is 5.82 Å². The Morgan fingerprint density at radius 2 is 2.11 bits per heavy atom. The first-order valence-corrected chi connectivity index (χ1v) is 6.59. The maximum absolute atomic E-state index is 13.5.